The van der Waals surface area contributed by atoms with Crippen LogP contribution in [-0.4, -0.2) is 30.1 Å². The third-order valence-electron chi connectivity index (χ3n) is 4.30. The average molecular weight is 332 g/mol. The lowest BCUT2D eigenvalue weighted by Gasteiger charge is -2.24. The molecule has 3 aromatic rings. The van der Waals surface area contributed by atoms with Crippen molar-refractivity contribution in [3.63, 3.8) is 0 Å². The van der Waals surface area contributed by atoms with Crippen molar-refractivity contribution < 1.29 is 0 Å². The van der Waals surface area contributed by atoms with Gasteiger partial charge in [-0.05, 0) is 26.0 Å². The van der Waals surface area contributed by atoms with Crippen LogP contribution in [0.3, 0.4) is 0 Å². The van der Waals surface area contributed by atoms with Gasteiger partial charge in [-0.1, -0.05) is 48.5 Å². The van der Waals surface area contributed by atoms with E-state index in [1.807, 2.05) is 48.3 Å². The zero-order chi connectivity index (χ0) is 17.6. The Morgan fingerprint density at radius 3 is 2.00 bits per heavy atom. The molecule has 0 amide bonds. The first-order chi connectivity index (χ1) is 12.2. The summed E-state index contributed by atoms with van der Waals surface area (Å²) in [6.45, 7) is 6.12. The summed E-state index contributed by atoms with van der Waals surface area (Å²) in [6, 6.07) is 22.5. The summed E-state index contributed by atoms with van der Waals surface area (Å²) < 4.78 is 0. The fourth-order valence-electron chi connectivity index (χ4n) is 2.81. The van der Waals surface area contributed by atoms with Crippen molar-refractivity contribution in [1.29, 1.82) is 0 Å². The van der Waals surface area contributed by atoms with Crippen molar-refractivity contribution >= 4 is 17.5 Å². The fraction of sp³-hybridized carbons (Fsp3) is 0.238. The van der Waals surface area contributed by atoms with Crippen molar-refractivity contribution in [2.24, 2.45) is 0 Å². The second-order valence-corrected chi connectivity index (χ2v) is 5.84. The number of nitrogens with zero attached hydrogens (tertiary/aromatic N) is 4. The van der Waals surface area contributed by atoms with Crippen LogP contribution in [0.5, 0.6) is 0 Å². The highest BCUT2D eigenvalue weighted by Crippen LogP contribution is 2.27. The monoisotopic (exact) mass is 332 g/mol. The van der Waals surface area contributed by atoms with Gasteiger partial charge in [0, 0.05) is 37.5 Å². The van der Waals surface area contributed by atoms with Crippen LogP contribution in [0.1, 0.15) is 13.8 Å². The molecule has 0 radical (unpaired) electrons. The summed E-state index contributed by atoms with van der Waals surface area (Å²) in [6.07, 6.45) is 0. The quantitative estimate of drug-likeness (QED) is 0.651. The highest BCUT2D eigenvalue weighted by atomic mass is 15.3. The van der Waals surface area contributed by atoms with E-state index in [-0.39, 0.29) is 0 Å². The van der Waals surface area contributed by atoms with Gasteiger partial charge in [-0.15, -0.1) is 0 Å². The van der Waals surface area contributed by atoms with Crippen LogP contribution in [0.2, 0.25) is 0 Å². The minimum Gasteiger partial charge on any atom is -0.357 e. The number of para-hydroxylation sites is 1. The van der Waals surface area contributed by atoms with Gasteiger partial charge >= 0.3 is 0 Å². The van der Waals surface area contributed by atoms with E-state index in [4.69, 9.17) is 9.97 Å². The number of benzene rings is 2. The summed E-state index contributed by atoms with van der Waals surface area (Å²) >= 11 is 0. The zero-order valence-corrected chi connectivity index (χ0v) is 15.1. The summed E-state index contributed by atoms with van der Waals surface area (Å²) in [5, 5.41) is 0. The predicted molar refractivity (Wildman–Crippen MR) is 106 cm³/mol. The Kier molecular flexibility index (Phi) is 5.29. The third kappa shape index (κ3) is 3.79. The molecule has 0 aliphatic carbocycles. The molecule has 0 spiro atoms. The van der Waals surface area contributed by atoms with Crippen LogP contribution in [0.15, 0.2) is 66.7 Å². The van der Waals surface area contributed by atoms with Crippen molar-refractivity contribution in [3.05, 3.63) is 66.7 Å². The molecule has 0 aliphatic heterocycles. The normalized spacial score (nSPS) is 10.5. The standard InChI is InChI=1S/C21H24N4/c1-4-25(5-2)20-16-19(17-12-8-6-9-13-17)22-21(23-20)24(3)18-14-10-7-11-15-18/h6-16H,4-5H2,1-3H3. The Morgan fingerprint density at radius 2 is 1.40 bits per heavy atom. The molecule has 128 valence electrons. The Bertz CT molecular complexity index is 799. The Hall–Kier alpha value is -2.88. The number of aromatic nitrogens is 2. The minimum absolute atomic E-state index is 0.703. The molecule has 0 aliphatic rings. The van der Waals surface area contributed by atoms with Gasteiger partial charge in [0.05, 0.1) is 5.69 Å². The molecule has 4 heteroatoms. The third-order valence-corrected chi connectivity index (χ3v) is 4.30. The molecule has 0 fully saturated rings. The van der Waals surface area contributed by atoms with Gasteiger partial charge in [0.25, 0.3) is 0 Å². The molecular weight excluding hydrogens is 308 g/mol. The predicted octanol–water partition coefficient (Wildman–Crippen LogP) is 4.76. The SMILES string of the molecule is CCN(CC)c1cc(-c2ccccc2)nc(N(C)c2ccccc2)n1. The second-order valence-electron chi connectivity index (χ2n) is 5.84. The van der Waals surface area contributed by atoms with Crippen LogP contribution in [-0.2, 0) is 0 Å². The fourth-order valence-corrected chi connectivity index (χ4v) is 2.81. The summed E-state index contributed by atoms with van der Waals surface area (Å²) in [4.78, 5) is 13.9. The van der Waals surface area contributed by atoms with Crippen LogP contribution in [0, 0.1) is 0 Å². The first kappa shape index (κ1) is 17.0. The lowest BCUT2D eigenvalue weighted by molar-refractivity contribution is 0.839. The molecule has 25 heavy (non-hydrogen) atoms. The van der Waals surface area contributed by atoms with E-state index in [1.165, 1.54) is 0 Å². The van der Waals surface area contributed by atoms with E-state index in [1.54, 1.807) is 0 Å². The molecule has 0 bridgehead atoms. The maximum atomic E-state index is 4.82. The highest BCUT2D eigenvalue weighted by Gasteiger charge is 2.14. The van der Waals surface area contributed by atoms with Gasteiger partial charge in [0.15, 0.2) is 0 Å². The number of hydrogen-bond acceptors (Lipinski definition) is 4. The first-order valence-corrected chi connectivity index (χ1v) is 8.71. The van der Waals surface area contributed by atoms with E-state index in [0.717, 1.165) is 35.9 Å². The maximum absolute atomic E-state index is 4.82. The van der Waals surface area contributed by atoms with Crippen molar-refractivity contribution in [1.82, 2.24) is 9.97 Å². The summed E-state index contributed by atoms with van der Waals surface area (Å²) in [5.74, 6) is 1.66. The van der Waals surface area contributed by atoms with E-state index in [9.17, 15) is 0 Å². The molecule has 0 saturated carbocycles. The van der Waals surface area contributed by atoms with E-state index in [2.05, 4.69) is 49.1 Å². The summed E-state index contributed by atoms with van der Waals surface area (Å²) in [5.41, 5.74) is 3.11. The Balaban J connectivity index is 2.09. The zero-order valence-electron chi connectivity index (χ0n) is 15.1. The molecule has 0 unspecified atom stereocenters. The molecule has 0 N–H and O–H groups in total. The molecule has 0 atom stereocenters. The average Bonchev–Trinajstić information content (AvgIpc) is 2.69. The molecular formula is C21H24N4. The lowest BCUT2D eigenvalue weighted by Crippen LogP contribution is -2.24. The van der Waals surface area contributed by atoms with E-state index in [0.29, 0.717) is 5.95 Å². The van der Waals surface area contributed by atoms with Crippen molar-refractivity contribution in [3.8, 4) is 11.3 Å². The Morgan fingerprint density at radius 1 is 0.800 bits per heavy atom. The van der Waals surface area contributed by atoms with Gasteiger partial charge in [0.1, 0.15) is 5.82 Å². The van der Waals surface area contributed by atoms with Crippen molar-refractivity contribution in [2.75, 3.05) is 29.9 Å². The number of hydrogen-bond donors (Lipinski definition) is 0. The van der Waals surface area contributed by atoms with Gasteiger partial charge < -0.3 is 9.80 Å². The van der Waals surface area contributed by atoms with Crippen LogP contribution in [0.4, 0.5) is 17.5 Å². The second kappa shape index (κ2) is 7.79. The molecule has 2 aromatic carbocycles. The van der Waals surface area contributed by atoms with E-state index < -0.39 is 0 Å². The van der Waals surface area contributed by atoms with Gasteiger partial charge in [-0.2, -0.15) is 4.98 Å². The van der Waals surface area contributed by atoms with Gasteiger partial charge in [-0.3, -0.25) is 0 Å². The Labute approximate surface area is 149 Å². The molecule has 3 rings (SSSR count). The molecule has 4 nitrogen and oxygen atoms in total. The highest BCUT2D eigenvalue weighted by molar-refractivity contribution is 5.67. The number of anilines is 3. The molecule has 1 heterocycles. The summed E-state index contributed by atoms with van der Waals surface area (Å²) in [7, 11) is 2.01. The largest absolute Gasteiger partial charge is 0.357 e. The van der Waals surface area contributed by atoms with Crippen LogP contribution in [0.25, 0.3) is 11.3 Å². The number of rotatable bonds is 6. The maximum Gasteiger partial charge on any atom is 0.232 e. The first-order valence-electron chi connectivity index (χ1n) is 8.71. The minimum atomic E-state index is 0.703. The van der Waals surface area contributed by atoms with Crippen LogP contribution >= 0.6 is 0 Å². The van der Waals surface area contributed by atoms with Gasteiger partial charge in [0.2, 0.25) is 5.95 Å². The van der Waals surface area contributed by atoms with Crippen LogP contribution < -0.4 is 9.80 Å². The topological polar surface area (TPSA) is 32.3 Å². The molecule has 1 aromatic heterocycles. The lowest BCUT2D eigenvalue weighted by atomic mass is 10.1. The van der Waals surface area contributed by atoms with Gasteiger partial charge in [-0.25, -0.2) is 4.98 Å². The smallest absolute Gasteiger partial charge is 0.232 e. The van der Waals surface area contributed by atoms with E-state index >= 15 is 0 Å². The molecule has 0 saturated heterocycles. The van der Waals surface area contributed by atoms with Crippen molar-refractivity contribution in [2.45, 2.75) is 13.8 Å².